The van der Waals surface area contributed by atoms with Gasteiger partial charge in [0.1, 0.15) is 23.7 Å². The van der Waals surface area contributed by atoms with E-state index >= 15 is 0 Å². The molecule has 0 spiro atoms. The molecule has 3 atom stereocenters. The Balaban J connectivity index is 0.00000128. The van der Waals surface area contributed by atoms with Crippen molar-refractivity contribution >= 4 is 41.5 Å². The van der Waals surface area contributed by atoms with Crippen molar-refractivity contribution in [1.29, 1.82) is 0 Å². The molecule has 2 aromatic carbocycles. The summed E-state index contributed by atoms with van der Waals surface area (Å²) < 4.78 is 19.8. The van der Waals surface area contributed by atoms with Gasteiger partial charge in [-0.3, -0.25) is 4.90 Å². The minimum Gasteiger partial charge on any atom is -0.497 e. The normalized spacial score (nSPS) is 23.0. The van der Waals surface area contributed by atoms with Crippen molar-refractivity contribution in [2.24, 2.45) is 11.8 Å². The number of hydrogen-bond donors (Lipinski definition) is 0. The molecule has 2 fully saturated rings. The van der Waals surface area contributed by atoms with Crippen LogP contribution >= 0.6 is 24.8 Å². The highest BCUT2D eigenvalue weighted by molar-refractivity contribution is 5.90. The van der Waals surface area contributed by atoms with Crippen LogP contribution in [0.25, 0.3) is 10.9 Å². The van der Waals surface area contributed by atoms with Crippen LogP contribution in [0.1, 0.15) is 11.6 Å². The maximum Gasteiger partial charge on any atom is 0.142 e. The minimum atomic E-state index is -0.256. The number of likely N-dealkylation sites (tertiary alicyclic amines) is 1. The molecule has 3 aromatic rings. The Kier molecular flexibility index (Phi) is 6.70. The van der Waals surface area contributed by atoms with Crippen molar-refractivity contribution in [2.75, 3.05) is 38.7 Å². The molecule has 1 aromatic heterocycles. The van der Waals surface area contributed by atoms with E-state index in [9.17, 15) is 4.39 Å². The molecular weight excluding hydrogens is 426 g/mol. The van der Waals surface area contributed by atoms with Gasteiger partial charge in [-0.1, -0.05) is 18.2 Å². The van der Waals surface area contributed by atoms with E-state index in [4.69, 9.17) is 4.74 Å². The Hall–Kier alpha value is -2.15. The topological polar surface area (TPSA) is 41.5 Å². The van der Waals surface area contributed by atoms with Crippen molar-refractivity contribution in [3.8, 4) is 5.75 Å². The third-order valence-corrected chi connectivity index (χ3v) is 6.24. The Morgan fingerprint density at radius 2 is 1.77 bits per heavy atom. The lowest BCUT2D eigenvalue weighted by Gasteiger charge is -2.27. The molecule has 0 N–H and O–H groups in total. The third kappa shape index (κ3) is 3.68. The largest absolute Gasteiger partial charge is 0.497 e. The highest BCUT2D eigenvalue weighted by atomic mass is 35.5. The zero-order valence-electron chi connectivity index (χ0n) is 16.9. The van der Waals surface area contributed by atoms with Gasteiger partial charge in [0.15, 0.2) is 0 Å². The van der Waals surface area contributed by atoms with Crippen molar-refractivity contribution in [3.05, 3.63) is 60.2 Å². The van der Waals surface area contributed by atoms with E-state index < -0.39 is 0 Å². The summed E-state index contributed by atoms with van der Waals surface area (Å²) in [6, 6.07) is 13.7. The lowest BCUT2D eigenvalue weighted by atomic mass is 9.89. The molecule has 5 rings (SSSR count). The predicted octanol–water partition coefficient (Wildman–Crippen LogP) is 4.36. The van der Waals surface area contributed by atoms with Gasteiger partial charge in [0, 0.05) is 31.6 Å². The van der Waals surface area contributed by atoms with Crippen LogP contribution in [0.5, 0.6) is 5.75 Å². The van der Waals surface area contributed by atoms with Crippen LogP contribution in [-0.4, -0.2) is 48.7 Å². The smallest absolute Gasteiger partial charge is 0.142 e. The average molecular weight is 451 g/mol. The Morgan fingerprint density at radius 1 is 1.00 bits per heavy atom. The molecule has 0 bridgehead atoms. The fourth-order valence-electron chi connectivity index (χ4n) is 5.03. The van der Waals surface area contributed by atoms with Crippen LogP contribution < -0.4 is 9.64 Å². The molecule has 8 heteroatoms. The summed E-state index contributed by atoms with van der Waals surface area (Å²) in [5.41, 5.74) is 1.96. The summed E-state index contributed by atoms with van der Waals surface area (Å²) in [6.07, 6.45) is 1.54. The Morgan fingerprint density at radius 3 is 2.50 bits per heavy atom. The second-order valence-corrected chi connectivity index (χ2v) is 7.82. The van der Waals surface area contributed by atoms with Crippen LogP contribution in [0.2, 0.25) is 0 Å². The van der Waals surface area contributed by atoms with Crippen LogP contribution in [0.3, 0.4) is 0 Å². The number of hydrogen-bond acceptors (Lipinski definition) is 5. The first-order valence-electron chi connectivity index (χ1n) is 9.64. The van der Waals surface area contributed by atoms with Gasteiger partial charge >= 0.3 is 0 Å². The van der Waals surface area contributed by atoms with Gasteiger partial charge in [-0.2, -0.15) is 0 Å². The van der Waals surface area contributed by atoms with Crippen molar-refractivity contribution in [2.45, 2.75) is 6.04 Å². The van der Waals surface area contributed by atoms with Crippen molar-refractivity contribution in [1.82, 2.24) is 14.9 Å². The van der Waals surface area contributed by atoms with E-state index in [-0.39, 0.29) is 30.6 Å². The van der Waals surface area contributed by atoms with Crippen LogP contribution in [0, 0.1) is 17.7 Å². The summed E-state index contributed by atoms with van der Waals surface area (Å²) in [5.74, 6) is 2.35. The van der Waals surface area contributed by atoms with E-state index in [1.165, 1.54) is 18.0 Å². The summed E-state index contributed by atoms with van der Waals surface area (Å²) in [7, 11) is 3.88. The van der Waals surface area contributed by atoms with Gasteiger partial charge in [-0.15, -0.1) is 24.8 Å². The predicted molar refractivity (Wildman–Crippen MR) is 122 cm³/mol. The summed E-state index contributed by atoms with van der Waals surface area (Å²) in [6.45, 7) is 2.79. The highest BCUT2D eigenvalue weighted by Crippen LogP contribution is 2.45. The molecule has 0 unspecified atom stereocenters. The number of anilines is 1. The fourth-order valence-corrected chi connectivity index (χ4v) is 5.03. The monoisotopic (exact) mass is 450 g/mol. The molecule has 5 nitrogen and oxygen atoms in total. The van der Waals surface area contributed by atoms with Crippen LogP contribution in [0.15, 0.2) is 48.8 Å². The third-order valence-electron chi connectivity index (χ3n) is 6.24. The molecule has 2 aliphatic heterocycles. The second-order valence-electron chi connectivity index (χ2n) is 7.82. The summed E-state index contributed by atoms with van der Waals surface area (Å²) in [5, 5.41) is 0.527. The number of rotatable bonds is 3. The number of fused-ring (bicyclic) bond motifs is 2. The number of halogens is 3. The van der Waals surface area contributed by atoms with Gasteiger partial charge in [0.2, 0.25) is 0 Å². The molecule has 160 valence electrons. The quantitative estimate of drug-likeness (QED) is 0.592. The number of nitrogens with zero attached hydrogens (tertiary/aromatic N) is 4. The molecule has 0 aliphatic carbocycles. The van der Waals surface area contributed by atoms with Gasteiger partial charge in [0.05, 0.1) is 18.0 Å². The molecule has 2 aliphatic rings. The maximum atomic E-state index is 14.5. The van der Waals surface area contributed by atoms with Gasteiger partial charge < -0.3 is 9.64 Å². The zero-order chi connectivity index (χ0) is 19.3. The number of ether oxygens (including phenoxy) is 1. The molecule has 0 radical (unpaired) electrons. The van der Waals surface area contributed by atoms with Crippen LogP contribution in [0.4, 0.5) is 10.2 Å². The minimum absolute atomic E-state index is 0. The molecule has 0 saturated carbocycles. The molecular formula is C22H25Cl2FN4O. The SMILES string of the molecule is COc1ccc([C@H]2[C@@H]3CN(c4ncnc5cccc(F)c45)C[C@@H]3CN2C)cc1.Cl.Cl. The van der Waals surface area contributed by atoms with Gasteiger partial charge in [-0.25, -0.2) is 14.4 Å². The Bertz CT molecular complexity index is 1010. The van der Waals surface area contributed by atoms with E-state index in [0.29, 0.717) is 34.6 Å². The van der Waals surface area contributed by atoms with E-state index in [1.54, 1.807) is 13.2 Å². The lowest BCUT2D eigenvalue weighted by Crippen LogP contribution is -2.29. The zero-order valence-corrected chi connectivity index (χ0v) is 18.5. The Labute approximate surface area is 188 Å². The first kappa shape index (κ1) is 22.5. The number of benzene rings is 2. The number of aromatic nitrogens is 2. The van der Waals surface area contributed by atoms with Crippen molar-refractivity contribution in [3.63, 3.8) is 0 Å². The first-order valence-corrected chi connectivity index (χ1v) is 9.64. The van der Waals surface area contributed by atoms with Crippen molar-refractivity contribution < 1.29 is 9.13 Å². The van der Waals surface area contributed by atoms with E-state index in [2.05, 4.69) is 38.9 Å². The molecule has 30 heavy (non-hydrogen) atoms. The average Bonchev–Trinajstić information content (AvgIpc) is 3.24. The lowest BCUT2D eigenvalue weighted by molar-refractivity contribution is 0.279. The highest BCUT2D eigenvalue weighted by Gasteiger charge is 2.46. The molecule has 3 heterocycles. The fraction of sp³-hybridized carbons (Fsp3) is 0.364. The van der Waals surface area contributed by atoms with E-state index in [0.717, 1.165) is 25.4 Å². The molecule has 2 saturated heterocycles. The summed E-state index contributed by atoms with van der Waals surface area (Å²) >= 11 is 0. The summed E-state index contributed by atoms with van der Waals surface area (Å²) in [4.78, 5) is 13.4. The van der Waals surface area contributed by atoms with E-state index in [1.807, 2.05) is 18.2 Å². The maximum absolute atomic E-state index is 14.5. The molecule has 0 amide bonds. The van der Waals surface area contributed by atoms with Gasteiger partial charge in [-0.05, 0) is 42.8 Å². The second kappa shape index (κ2) is 8.92. The number of methoxy groups -OCH3 is 1. The standard InChI is InChI=1S/C22H23FN4O.2ClH/c1-26-10-15-11-27(22-20-18(23)4-3-5-19(20)24-13-25-22)12-17(15)21(26)14-6-8-16(28-2)9-7-14;;/h3-9,13,15,17,21H,10-12H2,1-2H3;2*1H/t15-,17+,21-;;/m0../s1. The van der Waals surface area contributed by atoms with Gasteiger partial charge in [0.25, 0.3) is 0 Å². The first-order chi connectivity index (χ1) is 13.7. The van der Waals surface area contributed by atoms with Crippen LogP contribution in [-0.2, 0) is 0 Å².